The maximum Gasteiger partial charge on any atom is 0.415 e. The summed E-state index contributed by atoms with van der Waals surface area (Å²) in [7, 11) is 0. The summed E-state index contributed by atoms with van der Waals surface area (Å²) in [6.45, 7) is 16.5. The van der Waals surface area contributed by atoms with Crippen LogP contribution in [0.4, 0.5) is 18.9 Å². The van der Waals surface area contributed by atoms with E-state index in [9.17, 15) is 5.26 Å². The molecule has 0 unspecified atom stereocenters. The molecule has 2 aromatic heterocycles. The Balaban J connectivity index is 1.31. The molecule has 2 heterocycles. The predicted octanol–water partition coefficient (Wildman–Crippen LogP) is 15.6. The van der Waals surface area contributed by atoms with Gasteiger partial charge in [-0.15, -0.1) is 0 Å². The Bertz CT molecular complexity index is 3590. The molecule has 62 heavy (non-hydrogen) atoms. The van der Waals surface area contributed by atoms with Gasteiger partial charge in [-0.3, -0.25) is 0 Å². The molecule has 0 atom stereocenters. The van der Waals surface area contributed by atoms with Crippen molar-refractivity contribution in [3.05, 3.63) is 196 Å². The van der Waals surface area contributed by atoms with E-state index in [-0.39, 0.29) is 22.4 Å². The number of aromatic nitrogens is 2. The first-order valence-electron chi connectivity index (χ1n) is 20.3. The van der Waals surface area contributed by atoms with Gasteiger partial charge in [0.1, 0.15) is 6.07 Å². The number of alkyl halides is 3. The fourth-order valence-electron chi connectivity index (χ4n) is 9.46. The summed E-state index contributed by atoms with van der Waals surface area (Å²) in [5.41, 5.74) is 11.8. The molecule has 0 N–H and O–H groups in total. The summed E-state index contributed by atoms with van der Waals surface area (Å²) in [5, 5.41) is 14.8. The van der Waals surface area contributed by atoms with E-state index in [0.29, 0.717) is 11.4 Å². The lowest BCUT2D eigenvalue weighted by molar-refractivity contribution is -0.137. The van der Waals surface area contributed by atoms with Gasteiger partial charge >= 0.3 is 6.18 Å². The summed E-state index contributed by atoms with van der Waals surface area (Å²) < 4.78 is 49.8. The van der Waals surface area contributed by atoms with Crippen molar-refractivity contribution in [2.75, 3.05) is 0 Å². The third kappa shape index (κ3) is 6.05. The number of rotatable bonds is 5. The maximum absolute atomic E-state index is 15.3. The zero-order valence-electron chi connectivity index (χ0n) is 34.4. The van der Waals surface area contributed by atoms with Crippen molar-refractivity contribution in [3.63, 3.8) is 0 Å². The highest BCUT2D eigenvalue weighted by Crippen LogP contribution is 2.48. The SMILES string of the molecule is [C-]#[N+]c1cccc(C(F)(F)F)c1-c1cc(-n2c3ccccc3c3cc(-c4ccc(C)cc4C)ccc32)c(C#N)cc1-n1c2ccccc2c2cc(-c3ccc(C)cc3C)ccc21. The monoisotopic (exact) mass is 810 g/mol. The van der Waals surface area contributed by atoms with Crippen molar-refractivity contribution < 1.29 is 13.2 Å². The zero-order chi connectivity index (χ0) is 43.0. The Morgan fingerprint density at radius 3 is 1.53 bits per heavy atom. The van der Waals surface area contributed by atoms with Crippen molar-refractivity contribution in [3.8, 4) is 50.8 Å². The second kappa shape index (κ2) is 14.4. The third-order valence-corrected chi connectivity index (χ3v) is 12.2. The number of hydrogen-bond donors (Lipinski definition) is 0. The Hall–Kier alpha value is -7.87. The van der Waals surface area contributed by atoms with Gasteiger partial charge in [0.05, 0.1) is 51.1 Å². The average Bonchev–Trinajstić information content (AvgIpc) is 3.77. The minimum Gasteiger partial charge on any atom is -0.309 e. The van der Waals surface area contributed by atoms with Crippen LogP contribution in [-0.2, 0) is 6.18 Å². The number of aryl methyl sites for hydroxylation is 4. The summed E-state index contributed by atoms with van der Waals surface area (Å²) >= 11 is 0. The molecule has 0 spiro atoms. The maximum atomic E-state index is 15.3. The topological polar surface area (TPSA) is 38.0 Å². The van der Waals surface area contributed by atoms with Gasteiger partial charge in [0.25, 0.3) is 0 Å². The van der Waals surface area contributed by atoms with Crippen LogP contribution in [0, 0.1) is 45.6 Å². The molecule has 10 aromatic rings. The number of hydrogen-bond acceptors (Lipinski definition) is 1. The zero-order valence-corrected chi connectivity index (χ0v) is 34.4. The smallest absolute Gasteiger partial charge is 0.309 e. The molecule has 0 fully saturated rings. The van der Waals surface area contributed by atoms with E-state index in [0.717, 1.165) is 88.6 Å². The quantitative estimate of drug-likeness (QED) is 0.160. The van der Waals surface area contributed by atoms with Crippen LogP contribution < -0.4 is 0 Å². The lowest BCUT2D eigenvalue weighted by Gasteiger charge is -2.22. The highest BCUT2D eigenvalue weighted by Gasteiger charge is 2.36. The van der Waals surface area contributed by atoms with Gasteiger partial charge in [-0.05, 0) is 115 Å². The Morgan fingerprint density at radius 1 is 0.516 bits per heavy atom. The third-order valence-electron chi connectivity index (χ3n) is 12.2. The van der Waals surface area contributed by atoms with Gasteiger partial charge in [-0.25, -0.2) is 4.85 Å². The number of para-hydroxylation sites is 2. The van der Waals surface area contributed by atoms with E-state index >= 15 is 13.2 Å². The molecule has 4 nitrogen and oxygen atoms in total. The standard InChI is InChI=1S/C55H37F3N4/c1-32-17-21-39(34(3)25-32)36-19-23-50-43(27-36)41-11-6-8-15-48(41)61(50)52-30-45(54-46(55(56,57)58)13-10-14-47(54)60-5)53(29-38(52)31-59)62-49-16-9-7-12-42(49)44-28-37(20-24-51(44)62)40-22-18-33(2)26-35(40)4/h6-30H,1-4H3. The second-order valence-corrected chi connectivity index (χ2v) is 16.1. The van der Waals surface area contributed by atoms with Crippen molar-refractivity contribution >= 4 is 49.3 Å². The normalized spacial score (nSPS) is 11.8. The van der Waals surface area contributed by atoms with Gasteiger partial charge in [0, 0.05) is 27.1 Å². The molecule has 0 aliphatic heterocycles. The molecule has 298 valence electrons. The lowest BCUT2D eigenvalue weighted by Crippen LogP contribution is -2.09. The molecule has 0 aliphatic carbocycles. The minimum absolute atomic E-state index is 0.144. The molecule has 0 bridgehead atoms. The van der Waals surface area contributed by atoms with E-state index in [4.69, 9.17) is 6.57 Å². The number of halogens is 3. The molecule has 0 amide bonds. The van der Waals surface area contributed by atoms with E-state index < -0.39 is 11.7 Å². The Labute approximate surface area is 356 Å². The predicted molar refractivity (Wildman–Crippen MR) is 246 cm³/mol. The van der Waals surface area contributed by atoms with Gasteiger partial charge in [0.2, 0.25) is 0 Å². The fraction of sp³-hybridized carbons (Fsp3) is 0.0909. The summed E-state index contributed by atoms with van der Waals surface area (Å²) in [4.78, 5) is 3.68. The van der Waals surface area contributed by atoms with Crippen LogP contribution in [0.15, 0.2) is 152 Å². The average molecular weight is 811 g/mol. The van der Waals surface area contributed by atoms with Crippen molar-refractivity contribution in [1.29, 1.82) is 5.26 Å². The van der Waals surface area contributed by atoms with Gasteiger partial charge in [-0.1, -0.05) is 114 Å². The van der Waals surface area contributed by atoms with Crippen LogP contribution in [0.3, 0.4) is 0 Å². The van der Waals surface area contributed by atoms with E-state index in [1.807, 2.05) is 75.9 Å². The number of fused-ring (bicyclic) bond motifs is 6. The lowest BCUT2D eigenvalue weighted by atomic mass is 9.93. The van der Waals surface area contributed by atoms with Crippen LogP contribution in [0.25, 0.3) is 93.2 Å². The van der Waals surface area contributed by atoms with Gasteiger partial charge in [0.15, 0.2) is 5.69 Å². The van der Waals surface area contributed by atoms with Crippen LogP contribution in [0.2, 0.25) is 0 Å². The molecule has 0 aliphatic rings. The van der Waals surface area contributed by atoms with E-state index in [1.165, 1.54) is 17.7 Å². The summed E-state index contributed by atoms with van der Waals surface area (Å²) in [6, 6.07) is 50.3. The van der Waals surface area contributed by atoms with Crippen LogP contribution >= 0.6 is 0 Å². The molecular formula is C55H37F3N4. The van der Waals surface area contributed by atoms with Crippen molar-refractivity contribution in [2.45, 2.75) is 33.9 Å². The first kappa shape index (κ1) is 38.3. The minimum atomic E-state index is -4.79. The molecule has 10 rings (SSSR count). The second-order valence-electron chi connectivity index (χ2n) is 16.1. The Morgan fingerprint density at radius 2 is 1.03 bits per heavy atom. The van der Waals surface area contributed by atoms with Crippen LogP contribution in [0.5, 0.6) is 0 Å². The number of benzene rings is 8. The summed E-state index contributed by atoms with van der Waals surface area (Å²) in [6.07, 6.45) is -4.79. The molecule has 0 saturated carbocycles. The Kier molecular flexibility index (Phi) is 8.91. The van der Waals surface area contributed by atoms with Gasteiger partial charge < -0.3 is 9.13 Å². The molecular weight excluding hydrogens is 774 g/mol. The van der Waals surface area contributed by atoms with Crippen LogP contribution in [-0.4, -0.2) is 9.13 Å². The van der Waals surface area contributed by atoms with Crippen molar-refractivity contribution in [1.82, 2.24) is 9.13 Å². The molecule has 7 heteroatoms. The molecule has 0 radical (unpaired) electrons. The molecule has 0 saturated heterocycles. The highest BCUT2D eigenvalue weighted by molar-refractivity contribution is 6.13. The van der Waals surface area contributed by atoms with E-state index in [2.05, 4.69) is 93.2 Å². The van der Waals surface area contributed by atoms with E-state index in [1.54, 1.807) is 12.1 Å². The van der Waals surface area contributed by atoms with Crippen molar-refractivity contribution in [2.24, 2.45) is 0 Å². The van der Waals surface area contributed by atoms with Crippen LogP contribution in [0.1, 0.15) is 33.4 Å². The first-order valence-corrected chi connectivity index (χ1v) is 20.3. The fourth-order valence-corrected chi connectivity index (χ4v) is 9.46. The largest absolute Gasteiger partial charge is 0.415 e. The van der Waals surface area contributed by atoms with Gasteiger partial charge in [-0.2, -0.15) is 18.4 Å². The molecule has 8 aromatic carbocycles. The first-order chi connectivity index (χ1) is 29.9. The number of nitriles is 1. The highest BCUT2D eigenvalue weighted by atomic mass is 19.4. The summed E-state index contributed by atoms with van der Waals surface area (Å²) in [5.74, 6) is 0. The number of nitrogens with zero attached hydrogens (tertiary/aromatic N) is 4.